The maximum atomic E-state index is 10.8. The summed E-state index contributed by atoms with van der Waals surface area (Å²) < 4.78 is 24.7. The minimum absolute atomic E-state index is 0.347. The highest BCUT2D eigenvalue weighted by Crippen LogP contribution is 2.22. The zero-order valence-corrected chi connectivity index (χ0v) is 9.97. The van der Waals surface area contributed by atoms with Crippen LogP contribution < -0.4 is 9.86 Å². The number of hydrogen-bond acceptors (Lipinski definition) is 2. The molecule has 0 amide bonds. The predicted molar refractivity (Wildman–Crippen MR) is 58.8 cm³/mol. The summed E-state index contributed by atoms with van der Waals surface area (Å²) in [7, 11) is -3.66. The van der Waals surface area contributed by atoms with Crippen molar-refractivity contribution in [2.24, 2.45) is 5.14 Å². The van der Waals surface area contributed by atoms with Crippen molar-refractivity contribution >= 4 is 26.1 Å². The van der Waals surface area contributed by atoms with Crippen LogP contribution in [0.25, 0.3) is 0 Å². The second-order valence-corrected chi connectivity index (χ2v) is 5.09. The second kappa shape index (κ2) is 4.39. The maximum Gasteiger partial charge on any atom is 0.274 e. The maximum absolute atomic E-state index is 10.8. The molecule has 0 bridgehead atoms. The van der Waals surface area contributed by atoms with Gasteiger partial charge >= 0.3 is 0 Å². The molecule has 6 heteroatoms. The smallest absolute Gasteiger partial charge is 0.216 e. The van der Waals surface area contributed by atoms with Crippen molar-refractivity contribution in [1.82, 2.24) is 4.72 Å². The van der Waals surface area contributed by atoms with Crippen molar-refractivity contribution < 1.29 is 8.42 Å². The van der Waals surface area contributed by atoms with E-state index < -0.39 is 10.2 Å². The highest BCUT2D eigenvalue weighted by Gasteiger charge is 2.12. The Morgan fingerprint density at radius 1 is 1.43 bits per heavy atom. The molecule has 1 aromatic rings. The van der Waals surface area contributed by atoms with Gasteiger partial charge in [-0.1, -0.05) is 34.1 Å². The summed E-state index contributed by atoms with van der Waals surface area (Å²) >= 11 is 3.33. The molecule has 0 aromatic heterocycles. The first-order chi connectivity index (χ1) is 6.40. The van der Waals surface area contributed by atoms with Gasteiger partial charge in [0.05, 0.1) is 0 Å². The first-order valence-electron chi connectivity index (χ1n) is 3.94. The Hall–Kier alpha value is -0.430. The fourth-order valence-electron chi connectivity index (χ4n) is 1.14. The zero-order chi connectivity index (χ0) is 10.8. The Balaban J connectivity index is 2.90. The lowest BCUT2D eigenvalue weighted by Gasteiger charge is -2.13. The lowest BCUT2D eigenvalue weighted by atomic mass is 10.1. The van der Waals surface area contributed by atoms with Gasteiger partial charge in [-0.15, -0.1) is 0 Å². The quantitative estimate of drug-likeness (QED) is 0.875. The molecule has 0 saturated heterocycles. The van der Waals surface area contributed by atoms with Gasteiger partial charge in [0, 0.05) is 10.5 Å². The third-order valence-electron chi connectivity index (χ3n) is 1.71. The molecule has 78 valence electrons. The van der Waals surface area contributed by atoms with Crippen LogP contribution in [0.1, 0.15) is 18.5 Å². The Morgan fingerprint density at radius 3 is 2.50 bits per heavy atom. The van der Waals surface area contributed by atoms with Crippen LogP contribution in [0.3, 0.4) is 0 Å². The SMILES string of the molecule is C[C@@H](NS(N)(=O)=O)c1ccccc1Br. The third-order valence-corrected chi connectivity index (χ3v) is 3.12. The van der Waals surface area contributed by atoms with Crippen molar-refractivity contribution in [3.63, 3.8) is 0 Å². The van der Waals surface area contributed by atoms with Crippen LogP contribution >= 0.6 is 15.9 Å². The van der Waals surface area contributed by atoms with E-state index in [9.17, 15) is 8.42 Å². The summed E-state index contributed by atoms with van der Waals surface area (Å²) in [4.78, 5) is 0. The van der Waals surface area contributed by atoms with Crippen LogP contribution in [-0.4, -0.2) is 8.42 Å². The standard InChI is InChI=1S/C8H11BrN2O2S/c1-6(11-14(10,12)13)7-4-2-3-5-8(7)9/h2-6,11H,1H3,(H2,10,12,13)/t6-/m1/s1. The van der Waals surface area contributed by atoms with Gasteiger partial charge in [0.2, 0.25) is 0 Å². The van der Waals surface area contributed by atoms with Crippen molar-refractivity contribution in [2.75, 3.05) is 0 Å². The summed E-state index contributed by atoms with van der Waals surface area (Å²) in [5.41, 5.74) is 0.849. The number of nitrogens with one attached hydrogen (secondary N) is 1. The van der Waals surface area contributed by atoms with Crippen LogP contribution in [-0.2, 0) is 10.2 Å². The fraction of sp³-hybridized carbons (Fsp3) is 0.250. The molecule has 1 atom stereocenters. The Bertz CT molecular complexity index is 419. The van der Waals surface area contributed by atoms with Crippen LogP contribution in [0.4, 0.5) is 0 Å². The number of benzene rings is 1. The van der Waals surface area contributed by atoms with Crippen molar-refractivity contribution in [1.29, 1.82) is 0 Å². The molecule has 3 N–H and O–H groups in total. The molecule has 0 aliphatic rings. The fourth-order valence-corrected chi connectivity index (χ4v) is 2.38. The lowest BCUT2D eigenvalue weighted by Crippen LogP contribution is -2.33. The summed E-state index contributed by atoms with van der Waals surface area (Å²) in [5.74, 6) is 0. The average molecular weight is 279 g/mol. The third kappa shape index (κ3) is 3.38. The van der Waals surface area contributed by atoms with Gasteiger partial charge in [-0.3, -0.25) is 0 Å². The van der Waals surface area contributed by atoms with Crippen LogP contribution in [0, 0.1) is 0 Å². The van der Waals surface area contributed by atoms with Gasteiger partial charge in [-0.2, -0.15) is 13.1 Å². The molecule has 14 heavy (non-hydrogen) atoms. The van der Waals surface area contributed by atoms with E-state index >= 15 is 0 Å². The van der Waals surface area contributed by atoms with Gasteiger partial charge in [0.15, 0.2) is 0 Å². The molecule has 0 aliphatic carbocycles. The van der Waals surface area contributed by atoms with E-state index in [0.717, 1.165) is 10.0 Å². The topological polar surface area (TPSA) is 72.2 Å². The van der Waals surface area contributed by atoms with E-state index in [-0.39, 0.29) is 6.04 Å². The lowest BCUT2D eigenvalue weighted by molar-refractivity contribution is 0.568. The molecular weight excluding hydrogens is 268 g/mol. The number of rotatable bonds is 3. The van der Waals surface area contributed by atoms with Gasteiger partial charge in [0.1, 0.15) is 0 Å². The molecule has 0 aliphatic heterocycles. The molecule has 0 spiro atoms. The second-order valence-electron chi connectivity index (χ2n) is 2.91. The van der Waals surface area contributed by atoms with Gasteiger partial charge < -0.3 is 0 Å². The number of hydrogen-bond donors (Lipinski definition) is 2. The van der Waals surface area contributed by atoms with Crippen molar-refractivity contribution in [2.45, 2.75) is 13.0 Å². The van der Waals surface area contributed by atoms with Crippen molar-refractivity contribution in [3.8, 4) is 0 Å². The van der Waals surface area contributed by atoms with Crippen LogP contribution in [0.2, 0.25) is 0 Å². The molecule has 4 nitrogen and oxygen atoms in total. The number of nitrogens with two attached hydrogens (primary N) is 1. The average Bonchev–Trinajstić information content (AvgIpc) is 2.01. The Kier molecular flexibility index (Phi) is 3.65. The molecule has 0 fully saturated rings. The first-order valence-corrected chi connectivity index (χ1v) is 6.28. The van der Waals surface area contributed by atoms with E-state index in [1.165, 1.54) is 0 Å². The number of halogens is 1. The van der Waals surface area contributed by atoms with Crippen molar-refractivity contribution in [3.05, 3.63) is 34.3 Å². The van der Waals surface area contributed by atoms with Gasteiger partial charge in [-0.25, -0.2) is 5.14 Å². The minimum Gasteiger partial charge on any atom is -0.216 e. The first kappa shape index (κ1) is 11.6. The van der Waals surface area contributed by atoms with E-state index in [4.69, 9.17) is 5.14 Å². The molecule has 0 saturated carbocycles. The molecule has 1 rings (SSSR count). The molecule has 1 aromatic carbocycles. The zero-order valence-electron chi connectivity index (χ0n) is 7.57. The Labute approximate surface area is 91.8 Å². The molecular formula is C8H11BrN2O2S. The molecule has 0 radical (unpaired) electrons. The highest BCUT2D eigenvalue weighted by atomic mass is 79.9. The largest absolute Gasteiger partial charge is 0.274 e. The predicted octanol–water partition coefficient (Wildman–Crippen LogP) is 1.30. The molecule has 0 unspecified atom stereocenters. The summed E-state index contributed by atoms with van der Waals surface area (Å²) in [5, 5.41) is 4.87. The van der Waals surface area contributed by atoms with E-state index in [1.54, 1.807) is 6.92 Å². The van der Waals surface area contributed by atoms with E-state index in [1.807, 2.05) is 24.3 Å². The summed E-state index contributed by atoms with van der Waals surface area (Å²) in [6.07, 6.45) is 0. The molecule has 0 heterocycles. The van der Waals surface area contributed by atoms with Crippen LogP contribution in [0.15, 0.2) is 28.7 Å². The van der Waals surface area contributed by atoms with E-state index in [2.05, 4.69) is 20.7 Å². The van der Waals surface area contributed by atoms with Gasteiger partial charge in [0.25, 0.3) is 10.2 Å². The summed E-state index contributed by atoms with van der Waals surface area (Å²) in [6.45, 7) is 1.73. The highest BCUT2D eigenvalue weighted by molar-refractivity contribution is 9.10. The monoisotopic (exact) mass is 278 g/mol. The normalized spacial score (nSPS) is 13.9. The van der Waals surface area contributed by atoms with Crippen LogP contribution in [0.5, 0.6) is 0 Å². The van der Waals surface area contributed by atoms with Gasteiger partial charge in [-0.05, 0) is 18.6 Å². The minimum atomic E-state index is -3.66. The Morgan fingerprint density at radius 2 is 2.00 bits per heavy atom. The van der Waals surface area contributed by atoms with E-state index in [0.29, 0.717) is 0 Å². The summed E-state index contributed by atoms with van der Waals surface area (Å²) in [6, 6.07) is 7.02.